The van der Waals surface area contributed by atoms with Crippen molar-refractivity contribution in [3.63, 3.8) is 0 Å². The third-order valence-corrected chi connectivity index (χ3v) is 7.62. The molecular formula is C24H31F2N9O2. The Morgan fingerprint density at radius 3 is 2.81 bits per heavy atom. The highest BCUT2D eigenvalue weighted by molar-refractivity contribution is 6.08. The van der Waals surface area contributed by atoms with E-state index in [1.165, 1.54) is 16.9 Å². The van der Waals surface area contributed by atoms with Crippen molar-refractivity contribution in [2.24, 2.45) is 0 Å². The van der Waals surface area contributed by atoms with Gasteiger partial charge in [0.2, 0.25) is 0 Å². The van der Waals surface area contributed by atoms with Crippen LogP contribution in [0.2, 0.25) is 0 Å². The normalized spacial score (nSPS) is 22.5. The van der Waals surface area contributed by atoms with Gasteiger partial charge in [-0.05, 0) is 32.4 Å². The van der Waals surface area contributed by atoms with E-state index in [-0.39, 0.29) is 29.4 Å². The zero-order valence-electron chi connectivity index (χ0n) is 20.7. The highest BCUT2D eigenvalue weighted by Crippen LogP contribution is 2.33. The van der Waals surface area contributed by atoms with Crippen molar-refractivity contribution in [3.05, 3.63) is 35.9 Å². The largest absolute Gasteiger partial charge is 0.374 e. The van der Waals surface area contributed by atoms with Gasteiger partial charge in [-0.1, -0.05) is 0 Å². The summed E-state index contributed by atoms with van der Waals surface area (Å²) in [6, 6.07) is 2.15. The second-order valence-electron chi connectivity index (χ2n) is 9.95. The molecule has 0 saturated carbocycles. The number of likely N-dealkylation sites (tertiary alicyclic amines) is 1. The maximum absolute atomic E-state index is 13.9. The molecule has 2 bridgehead atoms. The zero-order chi connectivity index (χ0) is 25.5. The van der Waals surface area contributed by atoms with Crippen LogP contribution in [0.1, 0.15) is 47.8 Å². The van der Waals surface area contributed by atoms with Crippen molar-refractivity contribution in [1.29, 1.82) is 0 Å². The van der Waals surface area contributed by atoms with Crippen LogP contribution in [-0.4, -0.2) is 93.7 Å². The van der Waals surface area contributed by atoms with Gasteiger partial charge in [0.1, 0.15) is 11.4 Å². The van der Waals surface area contributed by atoms with Crippen molar-refractivity contribution in [2.45, 2.75) is 43.9 Å². The van der Waals surface area contributed by atoms with Crippen LogP contribution < -0.4 is 15.5 Å². The fourth-order valence-electron chi connectivity index (χ4n) is 5.58. The Morgan fingerprint density at radius 1 is 1.27 bits per heavy atom. The van der Waals surface area contributed by atoms with Crippen molar-refractivity contribution in [1.82, 2.24) is 34.6 Å². The Kier molecular flexibility index (Phi) is 6.51. The van der Waals surface area contributed by atoms with E-state index in [9.17, 15) is 13.6 Å². The summed E-state index contributed by atoms with van der Waals surface area (Å²) < 4.78 is 36.5. The third-order valence-electron chi connectivity index (χ3n) is 7.62. The lowest BCUT2D eigenvalue weighted by molar-refractivity contribution is 0.0988. The molecule has 1 amide bonds. The predicted molar refractivity (Wildman–Crippen MR) is 132 cm³/mol. The number of nitrogens with zero attached hydrogens (tertiary/aromatic N) is 7. The number of alkyl halides is 2. The first-order chi connectivity index (χ1) is 18.0. The van der Waals surface area contributed by atoms with Gasteiger partial charge in [0.25, 0.3) is 12.3 Å². The maximum atomic E-state index is 13.9. The number of hydrogen-bond acceptors (Lipinski definition) is 8. The molecule has 0 radical (unpaired) electrons. The summed E-state index contributed by atoms with van der Waals surface area (Å²) in [6.07, 6.45) is 4.68. The topological polar surface area (TPSA) is 105 Å². The minimum Gasteiger partial charge on any atom is -0.374 e. The molecule has 3 aromatic heterocycles. The average molecular weight is 516 g/mol. The molecule has 11 nitrogen and oxygen atoms in total. The monoisotopic (exact) mass is 515 g/mol. The maximum Gasteiger partial charge on any atom is 0.284 e. The van der Waals surface area contributed by atoms with Gasteiger partial charge in [-0.3, -0.25) is 9.48 Å². The lowest BCUT2D eigenvalue weighted by Crippen LogP contribution is -2.38. The van der Waals surface area contributed by atoms with Crippen LogP contribution in [0.25, 0.3) is 5.65 Å². The minimum absolute atomic E-state index is 0.00922. The quantitative estimate of drug-likeness (QED) is 0.469. The molecule has 2 N–H and O–H groups in total. The molecule has 0 spiro atoms. The Hall–Kier alpha value is -3.16. The second-order valence-corrected chi connectivity index (χ2v) is 9.95. The van der Waals surface area contributed by atoms with Crippen LogP contribution in [0.15, 0.2) is 24.7 Å². The molecular weight excluding hydrogens is 484 g/mol. The van der Waals surface area contributed by atoms with Crippen LogP contribution >= 0.6 is 0 Å². The second kappa shape index (κ2) is 9.95. The molecule has 198 valence electrons. The van der Waals surface area contributed by atoms with Gasteiger partial charge in [0.15, 0.2) is 11.3 Å². The summed E-state index contributed by atoms with van der Waals surface area (Å²) >= 11 is 0. The molecule has 3 fully saturated rings. The van der Waals surface area contributed by atoms with E-state index in [0.717, 1.165) is 57.8 Å². The number of hydrogen-bond donors (Lipinski definition) is 2. The molecule has 0 aliphatic carbocycles. The first-order valence-electron chi connectivity index (χ1n) is 12.8. The number of piperidine rings is 1. The summed E-state index contributed by atoms with van der Waals surface area (Å²) in [7, 11) is 1.92. The van der Waals surface area contributed by atoms with Crippen molar-refractivity contribution < 1.29 is 18.3 Å². The summed E-state index contributed by atoms with van der Waals surface area (Å²) in [5, 5.41) is 14.2. The van der Waals surface area contributed by atoms with Gasteiger partial charge in [-0.15, -0.1) is 0 Å². The number of carbonyl (C=O) groups is 1. The molecule has 3 aliphatic rings. The number of rotatable bonds is 8. The van der Waals surface area contributed by atoms with E-state index in [0.29, 0.717) is 12.3 Å². The van der Waals surface area contributed by atoms with E-state index in [4.69, 9.17) is 9.72 Å². The summed E-state index contributed by atoms with van der Waals surface area (Å²) in [4.78, 5) is 22.4. The fourth-order valence-corrected chi connectivity index (χ4v) is 5.58. The lowest BCUT2D eigenvalue weighted by Gasteiger charge is -2.31. The standard InChI is InChI=1S/C24H31F2N9O2/c1-27-5-9-32-6-2-15(3-7-32)35-13-19(21(31-35)22(25)26)29-24(36)18-11-28-34-8-4-20(30-23(18)34)33-12-17-10-16(33)14-37-17/h4,8,11,13,15-17,22,27H,2-3,5-7,9-10,12,14H2,1H3,(H,29,36)/t16-,17-/m1/s1. The number of morpholine rings is 1. The van der Waals surface area contributed by atoms with Crippen molar-refractivity contribution in [2.75, 3.05) is 56.6 Å². The number of fused-ring (bicyclic) bond motifs is 3. The molecule has 13 heteroatoms. The molecule has 3 aromatic rings. The van der Waals surface area contributed by atoms with E-state index < -0.39 is 18.0 Å². The number of carbonyl (C=O) groups excluding carboxylic acids is 1. The van der Waals surface area contributed by atoms with Crippen LogP contribution in [-0.2, 0) is 4.74 Å². The van der Waals surface area contributed by atoms with Gasteiger partial charge in [-0.2, -0.15) is 10.2 Å². The smallest absolute Gasteiger partial charge is 0.284 e. The van der Waals surface area contributed by atoms with Crippen LogP contribution in [0, 0.1) is 0 Å². The number of amides is 1. The van der Waals surface area contributed by atoms with Gasteiger partial charge in [0, 0.05) is 45.1 Å². The summed E-state index contributed by atoms with van der Waals surface area (Å²) in [5.74, 6) is 0.203. The Labute approximate surface area is 212 Å². The van der Waals surface area contributed by atoms with E-state index >= 15 is 0 Å². The van der Waals surface area contributed by atoms with Gasteiger partial charge in [-0.25, -0.2) is 18.3 Å². The molecule has 0 unspecified atom stereocenters. The van der Waals surface area contributed by atoms with Crippen molar-refractivity contribution in [3.8, 4) is 0 Å². The molecule has 3 saturated heterocycles. The molecule has 3 aliphatic heterocycles. The number of ether oxygens (including phenoxy) is 1. The number of nitrogens with one attached hydrogen (secondary N) is 2. The van der Waals surface area contributed by atoms with Crippen LogP contribution in [0.4, 0.5) is 20.3 Å². The number of aromatic nitrogens is 5. The average Bonchev–Trinajstić information content (AvgIpc) is 3.70. The number of anilines is 2. The van der Waals surface area contributed by atoms with E-state index in [1.54, 1.807) is 10.9 Å². The minimum atomic E-state index is -2.81. The molecule has 2 atom stereocenters. The zero-order valence-corrected chi connectivity index (χ0v) is 20.7. The van der Waals surface area contributed by atoms with E-state index in [2.05, 4.69) is 30.6 Å². The first-order valence-corrected chi connectivity index (χ1v) is 12.8. The molecule has 6 heterocycles. The summed E-state index contributed by atoms with van der Waals surface area (Å²) in [5.41, 5.74) is 0.179. The SMILES string of the molecule is CNCCN1CCC(n2cc(NC(=O)c3cnn4ccc(N5C[C@H]6C[C@@H]5CO6)nc34)c(C(F)F)n2)CC1. The molecule has 0 aromatic carbocycles. The van der Waals surface area contributed by atoms with Gasteiger partial charge < -0.3 is 25.2 Å². The Balaban J connectivity index is 1.20. The number of halogens is 2. The van der Waals surface area contributed by atoms with Crippen LogP contribution in [0.3, 0.4) is 0 Å². The van der Waals surface area contributed by atoms with Crippen LogP contribution in [0.5, 0.6) is 0 Å². The first kappa shape index (κ1) is 24.2. The highest BCUT2D eigenvalue weighted by Gasteiger charge is 2.39. The molecule has 37 heavy (non-hydrogen) atoms. The predicted octanol–water partition coefficient (Wildman–Crippen LogP) is 1.95. The Morgan fingerprint density at radius 2 is 2.11 bits per heavy atom. The summed E-state index contributed by atoms with van der Waals surface area (Å²) in [6.45, 7) is 5.03. The molecule has 6 rings (SSSR count). The van der Waals surface area contributed by atoms with Gasteiger partial charge in [0.05, 0.1) is 36.7 Å². The highest BCUT2D eigenvalue weighted by atomic mass is 19.3. The fraction of sp³-hybridized carbons (Fsp3) is 0.583. The third kappa shape index (κ3) is 4.66. The lowest BCUT2D eigenvalue weighted by atomic mass is 10.1. The Bertz CT molecular complexity index is 1270. The van der Waals surface area contributed by atoms with Crippen molar-refractivity contribution >= 4 is 23.1 Å². The van der Waals surface area contributed by atoms with Gasteiger partial charge >= 0.3 is 0 Å². The number of likely N-dealkylation sites (N-methyl/N-ethyl adjacent to an activating group) is 1. The van der Waals surface area contributed by atoms with E-state index in [1.807, 2.05) is 13.1 Å².